The molecule has 5 heteroatoms. The lowest BCUT2D eigenvalue weighted by atomic mass is 9.81. The minimum absolute atomic E-state index is 0.0169. The van der Waals surface area contributed by atoms with Gasteiger partial charge >= 0.3 is 0 Å². The predicted molar refractivity (Wildman–Crippen MR) is 148 cm³/mol. The fourth-order valence-electron chi connectivity index (χ4n) is 5.46. The van der Waals surface area contributed by atoms with Crippen LogP contribution in [0, 0.1) is 0 Å². The van der Waals surface area contributed by atoms with Crippen LogP contribution in [0.25, 0.3) is 0 Å². The summed E-state index contributed by atoms with van der Waals surface area (Å²) >= 11 is 0. The number of rotatable bonds is 8. The Bertz CT molecular complexity index is 1260. The minimum atomic E-state index is -0.207. The molecule has 0 aliphatic carbocycles. The molecule has 2 heterocycles. The van der Waals surface area contributed by atoms with Crippen molar-refractivity contribution in [1.82, 2.24) is 5.32 Å². The number of benzene rings is 2. The molecule has 1 N–H and O–H groups in total. The Kier molecular flexibility index (Phi) is 7.32. The van der Waals surface area contributed by atoms with Crippen molar-refractivity contribution in [1.29, 1.82) is 0 Å². The second-order valence-corrected chi connectivity index (χ2v) is 10.5. The van der Waals surface area contributed by atoms with Crippen molar-refractivity contribution in [2.45, 2.75) is 38.5 Å². The van der Waals surface area contributed by atoms with Crippen molar-refractivity contribution in [3.05, 3.63) is 95.7 Å². The van der Waals surface area contributed by atoms with Gasteiger partial charge in [0.1, 0.15) is 13.6 Å². The van der Waals surface area contributed by atoms with Crippen LogP contribution in [0.4, 0.5) is 11.4 Å². The molecule has 2 aliphatic heterocycles. The Morgan fingerprint density at radius 1 is 0.972 bits per heavy atom. The summed E-state index contributed by atoms with van der Waals surface area (Å²) < 4.78 is 7.34. The van der Waals surface area contributed by atoms with E-state index in [1.54, 1.807) is 7.11 Å². The zero-order valence-corrected chi connectivity index (χ0v) is 22.3. The van der Waals surface area contributed by atoms with Gasteiger partial charge < -0.3 is 15.0 Å². The van der Waals surface area contributed by atoms with Crippen molar-refractivity contribution < 1.29 is 14.1 Å². The van der Waals surface area contributed by atoms with Crippen LogP contribution >= 0.6 is 0 Å². The van der Waals surface area contributed by atoms with Crippen molar-refractivity contribution >= 4 is 23.0 Å². The van der Waals surface area contributed by atoms with Crippen LogP contribution in [0.5, 0.6) is 0 Å². The van der Waals surface area contributed by atoms with Crippen LogP contribution in [-0.4, -0.2) is 50.0 Å². The van der Waals surface area contributed by atoms with Crippen LogP contribution < -0.4 is 10.2 Å². The van der Waals surface area contributed by atoms with Gasteiger partial charge in [-0.15, -0.1) is 0 Å². The Morgan fingerprint density at radius 3 is 2.39 bits per heavy atom. The Morgan fingerprint density at radius 2 is 1.67 bits per heavy atom. The number of anilines is 1. The molecule has 0 spiro atoms. The molecular formula is C31H38N3O2+. The number of fused-ring (bicyclic) bond motifs is 2. The van der Waals surface area contributed by atoms with Crippen LogP contribution in [0.1, 0.15) is 38.8 Å². The van der Waals surface area contributed by atoms with Gasteiger partial charge in [0.05, 0.1) is 12.0 Å². The number of amides is 1. The fraction of sp³-hybridized carbons (Fsp3) is 0.355. The number of carbonyl (C=O) groups is 1. The van der Waals surface area contributed by atoms with E-state index in [0.717, 1.165) is 11.4 Å². The van der Waals surface area contributed by atoms with Crippen LogP contribution in [0.15, 0.2) is 84.6 Å². The van der Waals surface area contributed by atoms with E-state index in [1.165, 1.54) is 22.5 Å². The smallest absolute Gasteiger partial charge is 0.240 e. The SMILES string of the molecule is COCCNC(=O)CN1/C(=C/C=C/C=C/C2=[N+](C)c3ccccc3C2(C)C)C(C)(C)c2ccccc21. The molecule has 0 atom stereocenters. The number of nitrogens with zero attached hydrogens (tertiary/aromatic N) is 2. The van der Waals surface area contributed by atoms with E-state index in [-0.39, 0.29) is 23.3 Å². The number of methoxy groups -OCH3 is 1. The minimum Gasteiger partial charge on any atom is -0.383 e. The van der Waals surface area contributed by atoms with Crippen molar-refractivity contribution in [2.75, 3.05) is 38.8 Å². The molecule has 2 aromatic carbocycles. The zero-order chi connectivity index (χ0) is 25.9. The van der Waals surface area contributed by atoms with Crippen LogP contribution in [0.3, 0.4) is 0 Å². The first-order valence-corrected chi connectivity index (χ1v) is 12.6. The Balaban J connectivity index is 1.56. The summed E-state index contributed by atoms with van der Waals surface area (Å²) in [6, 6.07) is 16.9. The lowest BCUT2D eigenvalue weighted by Gasteiger charge is -2.26. The third-order valence-corrected chi connectivity index (χ3v) is 7.40. The van der Waals surface area contributed by atoms with Gasteiger partial charge in [-0.3, -0.25) is 4.79 Å². The molecular weight excluding hydrogens is 446 g/mol. The summed E-state index contributed by atoms with van der Waals surface area (Å²) in [6.45, 7) is 10.3. The van der Waals surface area contributed by atoms with E-state index in [1.807, 2.05) is 6.07 Å². The van der Waals surface area contributed by atoms with E-state index >= 15 is 0 Å². The second kappa shape index (κ2) is 10.3. The average Bonchev–Trinajstić information content (AvgIpc) is 3.18. The lowest BCUT2D eigenvalue weighted by Crippen LogP contribution is -2.38. The molecule has 0 unspecified atom stereocenters. The van der Waals surface area contributed by atoms with Gasteiger partial charge in [0.15, 0.2) is 5.71 Å². The van der Waals surface area contributed by atoms with Gasteiger partial charge in [-0.1, -0.05) is 68.5 Å². The molecule has 0 saturated heterocycles. The van der Waals surface area contributed by atoms with E-state index < -0.39 is 0 Å². The van der Waals surface area contributed by atoms with Gasteiger partial charge in [0.25, 0.3) is 0 Å². The summed E-state index contributed by atoms with van der Waals surface area (Å²) in [6.07, 6.45) is 10.6. The molecule has 0 fully saturated rings. The first kappa shape index (κ1) is 25.6. The number of hydrogen-bond acceptors (Lipinski definition) is 3. The first-order valence-electron chi connectivity index (χ1n) is 12.6. The van der Waals surface area contributed by atoms with Gasteiger partial charge in [0.2, 0.25) is 11.6 Å². The molecule has 0 saturated carbocycles. The highest BCUT2D eigenvalue weighted by Crippen LogP contribution is 2.47. The molecule has 0 bridgehead atoms. The van der Waals surface area contributed by atoms with Crippen LogP contribution in [-0.2, 0) is 20.4 Å². The van der Waals surface area contributed by atoms with E-state index in [9.17, 15) is 4.79 Å². The maximum absolute atomic E-state index is 12.7. The largest absolute Gasteiger partial charge is 0.383 e. The highest BCUT2D eigenvalue weighted by molar-refractivity contribution is 6.03. The molecule has 1 amide bonds. The van der Waals surface area contributed by atoms with E-state index in [0.29, 0.717) is 13.2 Å². The molecule has 0 aromatic heterocycles. The van der Waals surface area contributed by atoms with E-state index in [2.05, 4.69) is 122 Å². The number of allylic oxidation sites excluding steroid dienone is 6. The monoisotopic (exact) mass is 484 g/mol. The zero-order valence-electron chi connectivity index (χ0n) is 22.3. The third-order valence-electron chi connectivity index (χ3n) is 7.40. The fourth-order valence-corrected chi connectivity index (χ4v) is 5.46. The maximum Gasteiger partial charge on any atom is 0.240 e. The molecule has 5 nitrogen and oxygen atoms in total. The van der Waals surface area contributed by atoms with Crippen molar-refractivity contribution in [2.24, 2.45) is 0 Å². The van der Waals surface area contributed by atoms with Gasteiger partial charge in [0, 0.05) is 48.2 Å². The average molecular weight is 485 g/mol. The predicted octanol–water partition coefficient (Wildman–Crippen LogP) is 5.25. The highest BCUT2D eigenvalue weighted by Gasteiger charge is 2.42. The summed E-state index contributed by atoms with van der Waals surface area (Å²) in [5, 5.41) is 2.95. The number of hydrogen-bond donors (Lipinski definition) is 1. The normalized spacial score (nSPS) is 18.9. The topological polar surface area (TPSA) is 44.6 Å². The Hall–Kier alpha value is -3.44. The van der Waals surface area contributed by atoms with Gasteiger partial charge in [-0.2, -0.15) is 4.58 Å². The molecule has 188 valence electrons. The third kappa shape index (κ3) is 4.68. The second-order valence-electron chi connectivity index (χ2n) is 10.5. The van der Waals surface area contributed by atoms with Crippen molar-refractivity contribution in [3.8, 4) is 0 Å². The molecule has 36 heavy (non-hydrogen) atoms. The standard InChI is InChI=1S/C31H37N3O2/c1-30(2)23-14-10-12-16-25(23)33(5)27(30)18-8-7-9-19-28-31(3,4)24-15-11-13-17-26(24)34(28)22-29(35)32-20-21-36-6/h7-19H,20-22H2,1-6H3/p+1. The van der Waals surface area contributed by atoms with Gasteiger partial charge in [-0.25, -0.2) is 0 Å². The molecule has 2 aromatic rings. The van der Waals surface area contributed by atoms with Crippen LogP contribution in [0.2, 0.25) is 0 Å². The number of para-hydroxylation sites is 2. The number of nitrogens with one attached hydrogen (secondary N) is 1. The number of carbonyl (C=O) groups excluding carboxylic acids is 1. The quantitative estimate of drug-likeness (QED) is 0.316. The van der Waals surface area contributed by atoms with Crippen molar-refractivity contribution in [3.63, 3.8) is 0 Å². The van der Waals surface area contributed by atoms with E-state index in [4.69, 9.17) is 4.74 Å². The number of ether oxygens (including phenoxy) is 1. The summed E-state index contributed by atoms with van der Waals surface area (Å²) in [5.74, 6) is -0.0169. The molecule has 0 radical (unpaired) electrons. The lowest BCUT2D eigenvalue weighted by molar-refractivity contribution is -0.401. The maximum atomic E-state index is 12.7. The highest BCUT2D eigenvalue weighted by atomic mass is 16.5. The summed E-state index contributed by atoms with van der Waals surface area (Å²) in [7, 11) is 3.77. The first-order chi connectivity index (χ1) is 17.2. The Labute approximate surface area is 215 Å². The summed E-state index contributed by atoms with van der Waals surface area (Å²) in [4.78, 5) is 14.8. The molecule has 2 aliphatic rings. The molecule has 4 rings (SSSR count). The summed E-state index contributed by atoms with van der Waals surface area (Å²) in [5.41, 5.74) is 7.05. The van der Waals surface area contributed by atoms with Gasteiger partial charge in [-0.05, 0) is 31.6 Å².